The van der Waals surface area contributed by atoms with E-state index in [0.717, 1.165) is 6.54 Å². The Hall–Kier alpha value is -2.13. The second kappa shape index (κ2) is 3.49. The molecule has 0 saturated heterocycles. The average Bonchev–Trinajstić information content (AvgIpc) is 3.09. The highest BCUT2D eigenvalue weighted by atomic mass is 32.1. The molecule has 2 aromatic heterocycles. The fourth-order valence-electron chi connectivity index (χ4n) is 3.38. The fourth-order valence-corrected chi connectivity index (χ4v) is 4.77. The Labute approximate surface area is 120 Å². The van der Waals surface area contributed by atoms with E-state index in [-0.39, 0.29) is 0 Å². The molecule has 2 aromatic carbocycles. The first-order valence-electron chi connectivity index (χ1n) is 6.82. The summed E-state index contributed by atoms with van der Waals surface area (Å²) in [6, 6.07) is 17.4. The zero-order valence-electron chi connectivity index (χ0n) is 11.1. The summed E-state index contributed by atoms with van der Waals surface area (Å²) in [5.74, 6) is 0. The number of fused-ring (bicyclic) bond motifs is 7. The predicted octanol–water partition coefficient (Wildman–Crippen LogP) is 3.71. The highest BCUT2D eigenvalue weighted by Gasteiger charge is 2.31. The van der Waals surface area contributed by atoms with Gasteiger partial charge in [-0.1, -0.05) is 41.7 Å². The Balaban J connectivity index is 1.97. The van der Waals surface area contributed by atoms with Gasteiger partial charge in [-0.3, -0.25) is 0 Å². The van der Waals surface area contributed by atoms with Crippen molar-refractivity contribution in [3.63, 3.8) is 0 Å². The Kier molecular flexibility index (Phi) is 1.86. The van der Waals surface area contributed by atoms with Gasteiger partial charge in [-0.05, 0) is 18.2 Å². The molecule has 1 aliphatic rings. The lowest BCUT2D eigenvalue weighted by Crippen LogP contribution is -2.32. The molecule has 3 heterocycles. The van der Waals surface area contributed by atoms with Crippen molar-refractivity contribution >= 4 is 32.6 Å². The molecular weight excluding hydrogens is 264 g/mol. The summed E-state index contributed by atoms with van der Waals surface area (Å²) in [4.78, 5) is 0. The van der Waals surface area contributed by atoms with Crippen molar-refractivity contribution in [2.75, 3.05) is 0 Å². The lowest BCUT2D eigenvalue weighted by atomic mass is 10.1. The molecule has 5 rings (SSSR count). The largest absolute Gasteiger partial charge is 0.301 e. The van der Waals surface area contributed by atoms with E-state index in [1.807, 2.05) is 11.3 Å². The van der Waals surface area contributed by atoms with Gasteiger partial charge in [-0.2, -0.15) is 0 Å². The summed E-state index contributed by atoms with van der Waals surface area (Å²) in [6.07, 6.45) is 0. The Morgan fingerprint density at radius 3 is 2.80 bits per heavy atom. The average molecular weight is 277 g/mol. The van der Waals surface area contributed by atoms with Crippen LogP contribution in [0.5, 0.6) is 0 Å². The number of hydrogen-bond donors (Lipinski definition) is 0. The number of para-hydroxylation sites is 1. The molecule has 0 saturated carbocycles. The summed E-state index contributed by atoms with van der Waals surface area (Å²) in [5.41, 5.74) is 5.51. The maximum absolute atomic E-state index is 2.46. The Morgan fingerprint density at radius 2 is 1.85 bits per heavy atom. The second-order valence-corrected chi connectivity index (χ2v) is 6.38. The highest BCUT2D eigenvalue weighted by Crippen LogP contribution is 2.39. The van der Waals surface area contributed by atoms with Crippen LogP contribution in [0.2, 0.25) is 0 Å². The van der Waals surface area contributed by atoms with E-state index in [4.69, 9.17) is 0 Å². The number of nitrogens with zero attached hydrogens (tertiary/aromatic N) is 2. The number of aromatic nitrogens is 2. The number of hydrogen-bond acceptors (Lipinski definition) is 1. The fraction of sp³-hybridized carbons (Fsp3) is 0.118. The van der Waals surface area contributed by atoms with Gasteiger partial charge in [0, 0.05) is 16.5 Å². The SMILES string of the molecule is Cn1c2ccccc2c2sc3[n+](c21)Cc1ccccc1-3. The monoisotopic (exact) mass is 277 g/mol. The van der Waals surface area contributed by atoms with Crippen LogP contribution in [0.25, 0.3) is 31.8 Å². The molecule has 0 unspecified atom stereocenters. The molecule has 0 bridgehead atoms. The number of thiazole rings is 1. The third-order valence-electron chi connectivity index (χ3n) is 4.31. The molecule has 96 valence electrons. The summed E-state index contributed by atoms with van der Waals surface area (Å²) in [5, 5.41) is 2.77. The van der Waals surface area contributed by atoms with Crippen LogP contribution in [0.1, 0.15) is 5.56 Å². The Morgan fingerprint density at radius 1 is 1.05 bits per heavy atom. The molecule has 0 atom stereocenters. The number of rotatable bonds is 0. The van der Waals surface area contributed by atoms with E-state index in [2.05, 4.69) is 64.7 Å². The first-order chi connectivity index (χ1) is 9.84. The molecule has 4 aromatic rings. The summed E-state index contributed by atoms with van der Waals surface area (Å²) >= 11 is 1.92. The zero-order chi connectivity index (χ0) is 13.3. The first-order valence-corrected chi connectivity index (χ1v) is 7.64. The van der Waals surface area contributed by atoms with E-state index in [9.17, 15) is 0 Å². The quantitative estimate of drug-likeness (QED) is 0.382. The van der Waals surface area contributed by atoms with Gasteiger partial charge >= 0.3 is 5.65 Å². The molecule has 0 N–H and O–H groups in total. The predicted molar refractivity (Wildman–Crippen MR) is 83.0 cm³/mol. The molecule has 0 radical (unpaired) electrons. The summed E-state index contributed by atoms with van der Waals surface area (Å²) < 4.78 is 6.20. The standard InChI is InChI=1S/C17H13N2S/c1-18-14-9-5-4-8-13(14)15-16(18)19-10-11-6-2-3-7-12(11)17(19)20-15/h2-9H,10H2,1H3/q+1. The smallest absolute Gasteiger partial charge is 0.228 e. The summed E-state index contributed by atoms with van der Waals surface area (Å²) in [6.45, 7) is 0.996. The van der Waals surface area contributed by atoms with Crippen molar-refractivity contribution in [2.24, 2.45) is 7.05 Å². The summed E-state index contributed by atoms with van der Waals surface area (Å²) in [7, 11) is 2.17. The topological polar surface area (TPSA) is 8.81 Å². The van der Waals surface area contributed by atoms with Crippen molar-refractivity contribution in [3.05, 3.63) is 54.1 Å². The third-order valence-corrected chi connectivity index (χ3v) is 5.55. The van der Waals surface area contributed by atoms with Gasteiger partial charge in [-0.25, -0.2) is 9.13 Å². The van der Waals surface area contributed by atoms with E-state index < -0.39 is 0 Å². The minimum atomic E-state index is 0.996. The lowest BCUT2D eigenvalue weighted by Gasteiger charge is -1.93. The van der Waals surface area contributed by atoms with Crippen LogP contribution in [0.3, 0.4) is 0 Å². The molecule has 1 aliphatic heterocycles. The molecule has 0 fully saturated rings. The van der Waals surface area contributed by atoms with E-state index >= 15 is 0 Å². The van der Waals surface area contributed by atoms with Gasteiger partial charge in [0.15, 0.2) is 5.01 Å². The van der Waals surface area contributed by atoms with Crippen molar-refractivity contribution in [2.45, 2.75) is 6.54 Å². The van der Waals surface area contributed by atoms with Gasteiger partial charge in [0.1, 0.15) is 16.8 Å². The zero-order valence-corrected chi connectivity index (χ0v) is 11.9. The van der Waals surface area contributed by atoms with Crippen molar-refractivity contribution < 1.29 is 4.57 Å². The minimum Gasteiger partial charge on any atom is -0.228 e. The van der Waals surface area contributed by atoms with Crippen LogP contribution in [0, 0.1) is 0 Å². The number of aryl methyl sites for hydroxylation is 1. The minimum absolute atomic E-state index is 0.996. The normalized spacial score (nSPS) is 13.1. The van der Waals surface area contributed by atoms with Gasteiger partial charge in [0.2, 0.25) is 0 Å². The second-order valence-electron chi connectivity index (χ2n) is 5.38. The van der Waals surface area contributed by atoms with Gasteiger partial charge in [-0.15, -0.1) is 0 Å². The molecule has 0 spiro atoms. The first kappa shape index (κ1) is 10.6. The van der Waals surface area contributed by atoms with Crippen LogP contribution in [0.15, 0.2) is 48.5 Å². The van der Waals surface area contributed by atoms with E-state index in [0.29, 0.717) is 0 Å². The van der Waals surface area contributed by atoms with E-state index in [1.54, 1.807) is 0 Å². The maximum atomic E-state index is 2.46. The molecule has 3 heteroatoms. The van der Waals surface area contributed by atoms with Crippen molar-refractivity contribution in [1.82, 2.24) is 4.57 Å². The van der Waals surface area contributed by atoms with Crippen LogP contribution in [0.4, 0.5) is 0 Å². The van der Waals surface area contributed by atoms with Gasteiger partial charge in [0.05, 0.1) is 7.05 Å². The molecule has 20 heavy (non-hydrogen) atoms. The Bertz CT molecular complexity index is 991. The van der Waals surface area contributed by atoms with Crippen LogP contribution >= 0.6 is 11.3 Å². The molecule has 0 amide bonds. The third kappa shape index (κ3) is 1.12. The lowest BCUT2D eigenvalue weighted by molar-refractivity contribution is -0.644. The van der Waals surface area contributed by atoms with E-state index in [1.165, 1.54) is 37.4 Å². The van der Waals surface area contributed by atoms with Crippen molar-refractivity contribution in [1.29, 1.82) is 0 Å². The van der Waals surface area contributed by atoms with Crippen LogP contribution < -0.4 is 4.57 Å². The number of benzene rings is 2. The maximum Gasteiger partial charge on any atom is 0.301 e. The molecule has 0 aliphatic carbocycles. The molecular formula is C17H13N2S+. The van der Waals surface area contributed by atoms with Gasteiger partial charge in [0.25, 0.3) is 0 Å². The molecule has 2 nitrogen and oxygen atoms in total. The van der Waals surface area contributed by atoms with Crippen molar-refractivity contribution in [3.8, 4) is 10.6 Å². The highest BCUT2D eigenvalue weighted by molar-refractivity contribution is 7.22. The van der Waals surface area contributed by atoms with Crippen LogP contribution in [-0.4, -0.2) is 4.57 Å². The van der Waals surface area contributed by atoms with Crippen LogP contribution in [-0.2, 0) is 13.6 Å². The van der Waals surface area contributed by atoms with Gasteiger partial charge < -0.3 is 0 Å².